The van der Waals surface area contributed by atoms with Crippen molar-refractivity contribution in [1.29, 1.82) is 0 Å². The second-order valence-corrected chi connectivity index (χ2v) is 11.1. The second-order valence-electron chi connectivity index (χ2n) is 7.83. The molecule has 1 heterocycles. The van der Waals surface area contributed by atoms with E-state index in [2.05, 4.69) is 21.2 Å². The zero-order valence-electron chi connectivity index (χ0n) is 18.5. The molecule has 1 fully saturated rings. The van der Waals surface area contributed by atoms with Gasteiger partial charge in [0.15, 0.2) is 0 Å². The first-order valence-corrected chi connectivity index (χ1v) is 13.3. The number of nitrogens with zero attached hydrogens (tertiary/aromatic N) is 1. The summed E-state index contributed by atoms with van der Waals surface area (Å²) in [5.41, 5.74) is 2.80. The topological polar surface area (TPSA) is 75.7 Å². The first kappa shape index (κ1) is 25.0. The molecule has 32 heavy (non-hydrogen) atoms. The smallest absolute Gasteiger partial charge is 0.246 e. The minimum absolute atomic E-state index is 0.0323. The molecule has 0 aliphatic carbocycles. The van der Waals surface area contributed by atoms with Gasteiger partial charge in [-0.15, -0.1) is 0 Å². The number of halogens is 2. The van der Waals surface area contributed by atoms with Crippen molar-refractivity contribution in [2.24, 2.45) is 5.92 Å². The quantitative estimate of drug-likeness (QED) is 0.507. The van der Waals surface area contributed by atoms with Crippen LogP contribution in [0.1, 0.15) is 37.8 Å². The Balaban J connectivity index is 1.83. The van der Waals surface area contributed by atoms with E-state index in [9.17, 15) is 13.2 Å². The van der Waals surface area contributed by atoms with Crippen LogP contribution in [0.15, 0.2) is 39.7 Å². The zero-order valence-corrected chi connectivity index (χ0v) is 21.6. The lowest BCUT2D eigenvalue weighted by Gasteiger charge is -2.32. The SMILES string of the molecule is CCOc1ccc(Cl)cc1S(=O)(=O)N1CCC[C@H](C(=O)Nc2c(C)cc(Br)cc2CC)C1. The summed E-state index contributed by atoms with van der Waals surface area (Å²) in [6, 6.07) is 8.53. The Morgan fingerprint density at radius 2 is 2.03 bits per heavy atom. The summed E-state index contributed by atoms with van der Waals surface area (Å²) >= 11 is 9.58. The normalized spacial score (nSPS) is 17.2. The number of benzene rings is 2. The van der Waals surface area contributed by atoms with E-state index in [0.717, 1.165) is 27.7 Å². The Hall–Kier alpha value is -1.61. The number of rotatable bonds is 7. The average Bonchev–Trinajstić information content (AvgIpc) is 2.76. The van der Waals surface area contributed by atoms with Gasteiger partial charge in [-0.2, -0.15) is 4.31 Å². The molecule has 9 heteroatoms. The summed E-state index contributed by atoms with van der Waals surface area (Å²) < 4.78 is 34.7. The van der Waals surface area contributed by atoms with Crippen molar-refractivity contribution in [1.82, 2.24) is 4.31 Å². The van der Waals surface area contributed by atoms with Crippen LogP contribution in [0, 0.1) is 12.8 Å². The maximum absolute atomic E-state index is 13.4. The Morgan fingerprint density at radius 3 is 2.72 bits per heavy atom. The van der Waals surface area contributed by atoms with Crippen LogP contribution in [0.3, 0.4) is 0 Å². The third-order valence-electron chi connectivity index (χ3n) is 5.59. The number of carbonyl (C=O) groups excluding carboxylic acids is 1. The molecule has 1 N–H and O–H groups in total. The summed E-state index contributed by atoms with van der Waals surface area (Å²) in [6.45, 7) is 6.58. The number of piperidine rings is 1. The van der Waals surface area contributed by atoms with Gasteiger partial charge in [-0.25, -0.2) is 8.42 Å². The first-order valence-electron chi connectivity index (χ1n) is 10.7. The molecule has 1 atom stereocenters. The number of nitrogens with one attached hydrogen (secondary N) is 1. The fourth-order valence-corrected chi connectivity index (χ4v) is 6.50. The predicted octanol–water partition coefficient (Wildman–Crippen LogP) is 5.41. The highest BCUT2D eigenvalue weighted by atomic mass is 79.9. The van der Waals surface area contributed by atoms with Gasteiger partial charge in [0.1, 0.15) is 10.6 Å². The molecule has 0 spiro atoms. The Morgan fingerprint density at radius 1 is 1.28 bits per heavy atom. The van der Waals surface area contributed by atoms with Gasteiger partial charge in [0.25, 0.3) is 0 Å². The second kappa shape index (κ2) is 10.5. The number of carbonyl (C=O) groups is 1. The minimum atomic E-state index is -3.87. The zero-order chi connectivity index (χ0) is 23.5. The summed E-state index contributed by atoms with van der Waals surface area (Å²) in [5.74, 6) is -0.344. The van der Waals surface area contributed by atoms with Crippen molar-refractivity contribution in [3.8, 4) is 5.75 Å². The minimum Gasteiger partial charge on any atom is -0.492 e. The highest BCUT2D eigenvalue weighted by Crippen LogP contribution is 2.33. The van der Waals surface area contributed by atoms with E-state index < -0.39 is 15.9 Å². The van der Waals surface area contributed by atoms with Crippen LogP contribution in [0.5, 0.6) is 5.75 Å². The summed E-state index contributed by atoms with van der Waals surface area (Å²) in [7, 11) is -3.87. The summed E-state index contributed by atoms with van der Waals surface area (Å²) in [5, 5.41) is 3.37. The third kappa shape index (κ3) is 5.47. The molecule has 6 nitrogen and oxygen atoms in total. The predicted molar refractivity (Wildman–Crippen MR) is 131 cm³/mol. The molecule has 1 saturated heterocycles. The van der Waals surface area contributed by atoms with Gasteiger partial charge in [0, 0.05) is 28.3 Å². The van der Waals surface area contributed by atoms with E-state index in [0.29, 0.717) is 31.0 Å². The maximum atomic E-state index is 13.4. The van der Waals surface area contributed by atoms with Crippen LogP contribution < -0.4 is 10.1 Å². The first-order chi connectivity index (χ1) is 15.2. The van der Waals surface area contributed by atoms with Crippen LogP contribution >= 0.6 is 27.5 Å². The van der Waals surface area contributed by atoms with Crippen molar-refractivity contribution in [3.63, 3.8) is 0 Å². The van der Waals surface area contributed by atoms with Crippen molar-refractivity contribution in [2.75, 3.05) is 25.0 Å². The number of sulfonamides is 1. The van der Waals surface area contributed by atoms with Crippen molar-refractivity contribution < 1.29 is 17.9 Å². The molecule has 2 aromatic carbocycles. The monoisotopic (exact) mass is 542 g/mol. The van der Waals surface area contributed by atoms with E-state index >= 15 is 0 Å². The van der Waals surface area contributed by atoms with Crippen molar-refractivity contribution >= 4 is 49.1 Å². The van der Waals surface area contributed by atoms with Crippen molar-refractivity contribution in [2.45, 2.75) is 44.9 Å². The van der Waals surface area contributed by atoms with E-state index in [4.69, 9.17) is 16.3 Å². The molecule has 0 bridgehead atoms. The molecule has 1 amide bonds. The molecule has 0 aromatic heterocycles. The van der Waals surface area contributed by atoms with Crippen LogP contribution in [0.2, 0.25) is 5.02 Å². The molecule has 1 aliphatic heterocycles. The molecule has 0 saturated carbocycles. The molecule has 1 aliphatic rings. The van der Waals surface area contributed by atoms with Gasteiger partial charge in [0.05, 0.1) is 12.5 Å². The standard InChI is InChI=1S/C23H28BrClN2O4S/c1-4-16-12-18(24)11-15(3)22(16)26-23(28)17-7-6-10-27(14-17)32(29,30)21-13-19(25)8-9-20(21)31-5-2/h8-9,11-13,17H,4-7,10,14H2,1-3H3,(H,26,28)/t17-/m0/s1. The van der Waals surface area contributed by atoms with Crippen LogP contribution in [-0.2, 0) is 21.2 Å². The Kier molecular flexibility index (Phi) is 8.25. The molecule has 174 valence electrons. The number of amides is 1. The molecular weight excluding hydrogens is 516 g/mol. The van der Waals surface area contributed by atoms with E-state index in [-0.39, 0.29) is 23.1 Å². The number of anilines is 1. The lowest BCUT2D eigenvalue weighted by atomic mass is 9.98. The Labute approximate surface area is 203 Å². The van der Waals surface area contributed by atoms with E-state index in [1.165, 1.54) is 10.4 Å². The largest absolute Gasteiger partial charge is 0.492 e. The van der Waals surface area contributed by atoms with E-state index in [1.807, 2.05) is 26.0 Å². The summed E-state index contributed by atoms with van der Waals surface area (Å²) in [6.07, 6.45) is 2.00. The summed E-state index contributed by atoms with van der Waals surface area (Å²) in [4.78, 5) is 13.1. The van der Waals surface area contributed by atoms with Gasteiger partial charge >= 0.3 is 0 Å². The van der Waals surface area contributed by atoms with E-state index in [1.54, 1.807) is 19.1 Å². The third-order valence-corrected chi connectivity index (χ3v) is 8.17. The highest BCUT2D eigenvalue weighted by molar-refractivity contribution is 9.10. The molecular formula is C23H28BrClN2O4S. The maximum Gasteiger partial charge on any atom is 0.246 e. The van der Waals surface area contributed by atoms with Gasteiger partial charge in [-0.05, 0) is 74.6 Å². The lowest BCUT2D eigenvalue weighted by molar-refractivity contribution is -0.120. The average molecular weight is 544 g/mol. The van der Waals surface area contributed by atoms with Crippen LogP contribution in [0.25, 0.3) is 0 Å². The number of aryl methyl sites for hydroxylation is 2. The fraction of sp³-hybridized carbons (Fsp3) is 0.435. The van der Waals surface area contributed by atoms with Crippen molar-refractivity contribution in [3.05, 3.63) is 51.0 Å². The number of hydrogen-bond donors (Lipinski definition) is 1. The van der Waals surface area contributed by atoms with Crippen LogP contribution in [0.4, 0.5) is 5.69 Å². The Bertz CT molecular complexity index is 1110. The van der Waals surface area contributed by atoms with Gasteiger partial charge in [0.2, 0.25) is 15.9 Å². The highest BCUT2D eigenvalue weighted by Gasteiger charge is 2.35. The van der Waals surface area contributed by atoms with Crippen LogP contribution in [-0.4, -0.2) is 38.3 Å². The fourth-order valence-electron chi connectivity index (χ4n) is 3.97. The van der Waals surface area contributed by atoms with Gasteiger partial charge < -0.3 is 10.1 Å². The molecule has 0 radical (unpaired) electrons. The molecule has 2 aromatic rings. The number of hydrogen-bond acceptors (Lipinski definition) is 4. The van der Waals surface area contributed by atoms with Gasteiger partial charge in [-0.3, -0.25) is 4.79 Å². The molecule has 0 unspecified atom stereocenters. The van der Waals surface area contributed by atoms with Gasteiger partial charge in [-0.1, -0.05) is 34.5 Å². The molecule has 3 rings (SSSR count). The number of ether oxygens (including phenoxy) is 1. The lowest BCUT2D eigenvalue weighted by Crippen LogP contribution is -2.43.